The highest BCUT2D eigenvalue weighted by molar-refractivity contribution is 7.13. The second-order valence-electron chi connectivity index (χ2n) is 6.68. The van der Waals surface area contributed by atoms with E-state index in [4.69, 9.17) is 16.0 Å². The molecule has 29 heavy (non-hydrogen) atoms. The highest BCUT2D eigenvalue weighted by Gasteiger charge is 2.54. The Balaban J connectivity index is 1.41. The Morgan fingerprint density at radius 3 is 2.83 bits per heavy atom. The van der Waals surface area contributed by atoms with Crippen LogP contribution in [0.15, 0.2) is 56.5 Å². The van der Waals surface area contributed by atoms with E-state index in [2.05, 4.69) is 15.3 Å². The number of fused-ring (bicyclic) bond motifs is 1. The van der Waals surface area contributed by atoms with Crippen molar-refractivity contribution >= 4 is 40.4 Å². The first-order valence-electron chi connectivity index (χ1n) is 8.84. The van der Waals surface area contributed by atoms with Crippen LogP contribution in [0.5, 0.6) is 0 Å². The van der Waals surface area contributed by atoms with Gasteiger partial charge >= 0.3 is 0 Å². The number of nitrogens with zero attached hydrogens (tertiary/aromatic N) is 5. The largest absolute Gasteiger partial charge is 0.440 e. The van der Waals surface area contributed by atoms with Gasteiger partial charge in [0.25, 0.3) is 11.8 Å². The van der Waals surface area contributed by atoms with Gasteiger partial charge in [0, 0.05) is 5.02 Å². The summed E-state index contributed by atoms with van der Waals surface area (Å²) in [5.41, 5.74) is 1.07. The average molecular weight is 428 g/mol. The van der Waals surface area contributed by atoms with Crippen LogP contribution in [0.2, 0.25) is 5.02 Å². The Kier molecular flexibility index (Phi) is 4.21. The van der Waals surface area contributed by atoms with E-state index in [-0.39, 0.29) is 12.5 Å². The lowest BCUT2D eigenvalue weighted by atomic mass is 10.1. The number of hydrogen-bond donors (Lipinski definition) is 0. The highest BCUT2D eigenvalue weighted by atomic mass is 35.5. The zero-order valence-corrected chi connectivity index (χ0v) is 16.7. The molecule has 0 N–H and O–H groups in total. The van der Waals surface area contributed by atoms with Gasteiger partial charge in [-0.05, 0) is 36.6 Å². The van der Waals surface area contributed by atoms with Crippen molar-refractivity contribution < 1.29 is 14.0 Å². The Morgan fingerprint density at radius 1 is 1.21 bits per heavy atom. The molecule has 2 aromatic heterocycles. The topological polar surface area (TPSA) is 91.4 Å². The zero-order valence-electron chi connectivity index (χ0n) is 15.2. The number of aryl methyl sites for hydroxylation is 1. The molecular weight excluding hydrogens is 414 g/mol. The summed E-state index contributed by atoms with van der Waals surface area (Å²) in [6.07, 6.45) is 0. The lowest BCUT2D eigenvalue weighted by Crippen LogP contribution is -2.39. The van der Waals surface area contributed by atoms with Crippen LogP contribution in [0, 0.1) is 6.92 Å². The van der Waals surface area contributed by atoms with Gasteiger partial charge in [-0.25, -0.2) is 9.88 Å². The van der Waals surface area contributed by atoms with Crippen molar-refractivity contribution in [3.8, 4) is 10.8 Å². The molecule has 5 rings (SSSR count). The minimum absolute atomic E-state index is 0.216. The Morgan fingerprint density at radius 2 is 2.07 bits per heavy atom. The highest BCUT2D eigenvalue weighted by Crippen LogP contribution is 2.34. The summed E-state index contributed by atoms with van der Waals surface area (Å²) in [6.45, 7) is 2.03. The third kappa shape index (κ3) is 2.93. The third-order valence-corrected chi connectivity index (χ3v) is 5.95. The molecule has 10 heteroatoms. The lowest BCUT2D eigenvalue weighted by molar-refractivity contribution is -0.123. The lowest BCUT2D eigenvalue weighted by Gasteiger charge is -2.20. The molecular formula is C19H14ClN5O3S. The van der Waals surface area contributed by atoms with Crippen LogP contribution in [0.25, 0.3) is 10.8 Å². The molecule has 0 aliphatic carbocycles. The number of benzene rings is 1. The van der Waals surface area contributed by atoms with Crippen LogP contribution in [0.4, 0.5) is 5.69 Å². The molecule has 0 bridgehead atoms. The summed E-state index contributed by atoms with van der Waals surface area (Å²) >= 11 is 7.55. The molecule has 1 aromatic carbocycles. The van der Waals surface area contributed by atoms with Crippen molar-refractivity contribution in [2.75, 3.05) is 4.90 Å². The number of aromatic nitrogens is 1. The number of anilines is 1. The van der Waals surface area contributed by atoms with Crippen molar-refractivity contribution in [2.45, 2.75) is 25.6 Å². The summed E-state index contributed by atoms with van der Waals surface area (Å²) in [4.78, 5) is 32.4. The van der Waals surface area contributed by atoms with Gasteiger partial charge in [0.15, 0.2) is 12.1 Å². The first kappa shape index (κ1) is 18.0. The number of imide groups is 1. The molecule has 4 heterocycles. The van der Waals surface area contributed by atoms with Gasteiger partial charge in [-0.2, -0.15) is 5.11 Å². The smallest absolute Gasteiger partial charge is 0.263 e. The fourth-order valence-corrected chi connectivity index (χ4v) is 4.29. The number of amides is 2. The molecule has 2 unspecified atom stereocenters. The number of oxazole rings is 1. The van der Waals surface area contributed by atoms with Gasteiger partial charge < -0.3 is 4.42 Å². The molecule has 8 nitrogen and oxygen atoms in total. The number of carbonyl (C=O) groups excluding carboxylic acids is 2. The predicted octanol–water partition coefficient (Wildman–Crippen LogP) is 3.86. The van der Waals surface area contributed by atoms with Gasteiger partial charge in [-0.1, -0.05) is 29.0 Å². The van der Waals surface area contributed by atoms with Gasteiger partial charge in [-0.15, -0.1) is 11.3 Å². The number of rotatable bonds is 4. The number of hydrogen-bond acceptors (Lipinski definition) is 8. The molecule has 1 saturated heterocycles. The fraction of sp³-hybridized carbons (Fsp3) is 0.211. The van der Waals surface area contributed by atoms with Crippen LogP contribution in [-0.2, 0) is 16.1 Å². The number of halogens is 1. The maximum absolute atomic E-state index is 13.0. The maximum Gasteiger partial charge on any atom is 0.263 e. The summed E-state index contributed by atoms with van der Waals surface area (Å²) < 4.78 is 5.76. The summed E-state index contributed by atoms with van der Waals surface area (Å²) in [7, 11) is 0. The fourth-order valence-electron chi connectivity index (χ4n) is 3.46. The van der Waals surface area contributed by atoms with E-state index in [0.717, 1.165) is 9.78 Å². The Labute approximate surface area is 174 Å². The number of carbonyl (C=O) groups is 2. The summed E-state index contributed by atoms with van der Waals surface area (Å²) in [6, 6.07) is 8.79. The second kappa shape index (κ2) is 6.78. The minimum Gasteiger partial charge on any atom is -0.440 e. The van der Waals surface area contributed by atoms with Crippen molar-refractivity contribution in [3.05, 3.63) is 58.3 Å². The molecule has 0 saturated carbocycles. The SMILES string of the molecule is Cc1oc(-c2cccs2)nc1CN1N=NC2C(=O)N(c3cccc(Cl)c3)C(=O)C21. The third-order valence-electron chi connectivity index (χ3n) is 4.86. The van der Waals surface area contributed by atoms with Crippen LogP contribution in [-0.4, -0.2) is 33.9 Å². The standard InChI is InChI=1S/C19H14ClN5O3S/c1-10-13(21-17(28-10)14-6-3-7-29-14)9-24-16-15(22-23-24)18(26)25(19(16)27)12-5-2-4-11(20)8-12/h2-8,15-16H,9H2,1H3. The first-order chi connectivity index (χ1) is 14.0. The Hall–Kier alpha value is -3.04. The van der Waals surface area contributed by atoms with Crippen molar-refractivity contribution in [1.82, 2.24) is 9.99 Å². The van der Waals surface area contributed by atoms with E-state index >= 15 is 0 Å². The first-order valence-corrected chi connectivity index (χ1v) is 10.1. The van der Waals surface area contributed by atoms with Gasteiger partial charge in [0.1, 0.15) is 11.5 Å². The molecule has 146 valence electrons. The Bertz CT molecular complexity index is 1140. The van der Waals surface area contributed by atoms with E-state index < -0.39 is 18.0 Å². The van der Waals surface area contributed by atoms with Crippen LogP contribution < -0.4 is 4.90 Å². The van der Waals surface area contributed by atoms with Crippen LogP contribution >= 0.6 is 22.9 Å². The average Bonchev–Trinajstić information content (AvgIpc) is 3.45. The molecule has 0 spiro atoms. The molecule has 2 aliphatic heterocycles. The molecule has 0 radical (unpaired) electrons. The molecule has 2 atom stereocenters. The summed E-state index contributed by atoms with van der Waals surface area (Å²) in [5.74, 6) is 0.363. The van der Waals surface area contributed by atoms with Crippen molar-refractivity contribution in [2.24, 2.45) is 10.3 Å². The predicted molar refractivity (Wildman–Crippen MR) is 106 cm³/mol. The van der Waals surface area contributed by atoms with Gasteiger partial charge in [0.2, 0.25) is 5.89 Å². The quantitative estimate of drug-likeness (QED) is 0.589. The molecule has 2 amide bonds. The summed E-state index contributed by atoms with van der Waals surface area (Å²) in [5, 5.41) is 12.0. The second-order valence-corrected chi connectivity index (χ2v) is 8.07. The van der Waals surface area contributed by atoms with E-state index in [1.807, 2.05) is 24.4 Å². The van der Waals surface area contributed by atoms with E-state index in [1.165, 1.54) is 16.3 Å². The monoisotopic (exact) mass is 427 g/mol. The molecule has 2 aliphatic rings. The minimum atomic E-state index is -0.870. The van der Waals surface area contributed by atoms with Crippen LogP contribution in [0.3, 0.4) is 0 Å². The number of thiophene rings is 1. The van der Waals surface area contributed by atoms with Gasteiger partial charge in [-0.3, -0.25) is 14.6 Å². The normalized spacial score (nSPS) is 20.8. The van der Waals surface area contributed by atoms with Crippen LogP contribution in [0.1, 0.15) is 11.5 Å². The van der Waals surface area contributed by atoms with E-state index in [9.17, 15) is 9.59 Å². The van der Waals surface area contributed by atoms with Gasteiger partial charge in [0.05, 0.1) is 17.1 Å². The molecule has 3 aromatic rings. The van der Waals surface area contributed by atoms with E-state index in [1.54, 1.807) is 24.3 Å². The van der Waals surface area contributed by atoms with Crippen molar-refractivity contribution in [3.63, 3.8) is 0 Å². The van der Waals surface area contributed by atoms with E-state index in [0.29, 0.717) is 28.1 Å². The van der Waals surface area contributed by atoms with Crippen molar-refractivity contribution in [1.29, 1.82) is 0 Å². The maximum atomic E-state index is 13.0. The zero-order chi connectivity index (χ0) is 20.1. The molecule has 1 fully saturated rings.